The maximum Gasteiger partial charge on any atom is 0.163 e. The number of ether oxygens (including phenoxy) is 2. The first-order chi connectivity index (χ1) is 13.2. The summed E-state index contributed by atoms with van der Waals surface area (Å²) in [7, 11) is 0. The highest BCUT2D eigenvalue weighted by atomic mass is 19.1. The van der Waals surface area contributed by atoms with E-state index in [9.17, 15) is 4.39 Å². The van der Waals surface area contributed by atoms with Crippen molar-refractivity contribution in [2.75, 3.05) is 13.2 Å². The number of hydrogen-bond acceptors (Lipinski definition) is 2. The molecule has 0 unspecified atom stereocenters. The van der Waals surface area contributed by atoms with Crippen LogP contribution in [0, 0.1) is 5.82 Å². The Bertz CT molecular complexity index is 951. The molecule has 1 aliphatic heterocycles. The van der Waals surface area contributed by atoms with Crippen LogP contribution in [0.15, 0.2) is 54.7 Å². The molecular formula is C22H24FN2O2+. The second-order valence-electron chi connectivity index (χ2n) is 6.54. The van der Waals surface area contributed by atoms with Gasteiger partial charge in [-0.3, -0.25) is 0 Å². The molecule has 4 rings (SSSR count). The summed E-state index contributed by atoms with van der Waals surface area (Å²) in [5.41, 5.74) is 3.93. The number of aromatic nitrogens is 1. The fourth-order valence-corrected chi connectivity index (χ4v) is 3.76. The van der Waals surface area contributed by atoms with E-state index in [1.165, 1.54) is 6.07 Å². The van der Waals surface area contributed by atoms with Crippen LogP contribution in [0.5, 0.6) is 11.5 Å². The van der Waals surface area contributed by atoms with E-state index in [0.29, 0.717) is 18.8 Å². The van der Waals surface area contributed by atoms with Crippen LogP contribution in [-0.2, 0) is 6.54 Å². The van der Waals surface area contributed by atoms with E-state index in [4.69, 9.17) is 9.47 Å². The van der Waals surface area contributed by atoms with Crippen LogP contribution >= 0.6 is 0 Å². The Balaban J connectivity index is 1.84. The molecule has 0 aliphatic carbocycles. The Morgan fingerprint density at radius 1 is 1.04 bits per heavy atom. The molecule has 2 heterocycles. The predicted molar refractivity (Wildman–Crippen MR) is 102 cm³/mol. The molecule has 4 nitrogen and oxygen atoms in total. The third-order valence-corrected chi connectivity index (χ3v) is 4.92. The summed E-state index contributed by atoms with van der Waals surface area (Å²) in [5, 5.41) is 2.17. The molecule has 2 aromatic carbocycles. The van der Waals surface area contributed by atoms with Gasteiger partial charge in [-0.05, 0) is 44.2 Å². The molecule has 0 amide bonds. The highest BCUT2D eigenvalue weighted by Crippen LogP contribution is 2.36. The standard InChI is InChI=1S/C22H23FN2O2/c1-3-26-20-12-15-14-24-22(16-8-5-6-9-17(16)23)18-10-7-11-25(18)19(15)13-21(20)27-4-2/h5-13,22,24H,3-4,14H2,1-2H3/p+1/t22-/m1/s1. The summed E-state index contributed by atoms with van der Waals surface area (Å²) in [5.74, 6) is 1.31. The number of rotatable bonds is 5. The minimum Gasteiger partial charge on any atom is -0.490 e. The van der Waals surface area contributed by atoms with Crippen LogP contribution in [0.2, 0.25) is 0 Å². The Morgan fingerprint density at radius 3 is 2.52 bits per heavy atom. The van der Waals surface area contributed by atoms with Crippen molar-refractivity contribution in [2.24, 2.45) is 0 Å². The van der Waals surface area contributed by atoms with E-state index in [2.05, 4.69) is 16.0 Å². The van der Waals surface area contributed by atoms with Crippen LogP contribution in [-0.4, -0.2) is 17.8 Å². The van der Waals surface area contributed by atoms with Crippen LogP contribution in [0.25, 0.3) is 5.69 Å². The van der Waals surface area contributed by atoms with Gasteiger partial charge in [0.25, 0.3) is 0 Å². The Kier molecular flexibility index (Phi) is 4.86. The number of nitrogens with two attached hydrogens (primary N) is 1. The Hall–Kier alpha value is -2.79. The fraction of sp³-hybridized carbons (Fsp3) is 0.273. The molecule has 0 saturated carbocycles. The third kappa shape index (κ3) is 3.19. The first-order valence-electron chi connectivity index (χ1n) is 9.40. The van der Waals surface area contributed by atoms with Gasteiger partial charge in [-0.25, -0.2) is 4.39 Å². The van der Waals surface area contributed by atoms with Crippen molar-refractivity contribution in [1.29, 1.82) is 0 Å². The number of quaternary nitrogens is 1. The topological polar surface area (TPSA) is 40.0 Å². The maximum atomic E-state index is 14.5. The molecular weight excluding hydrogens is 343 g/mol. The fourth-order valence-electron chi connectivity index (χ4n) is 3.76. The van der Waals surface area contributed by atoms with E-state index < -0.39 is 0 Å². The summed E-state index contributed by atoms with van der Waals surface area (Å²) in [6.07, 6.45) is 2.03. The van der Waals surface area contributed by atoms with Gasteiger partial charge in [0.2, 0.25) is 0 Å². The zero-order valence-corrected chi connectivity index (χ0v) is 15.6. The first-order valence-corrected chi connectivity index (χ1v) is 9.40. The molecule has 3 aromatic rings. The van der Waals surface area contributed by atoms with Crippen LogP contribution in [0.4, 0.5) is 4.39 Å². The van der Waals surface area contributed by atoms with E-state index in [1.54, 1.807) is 6.07 Å². The van der Waals surface area contributed by atoms with Gasteiger partial charge in [-0.2, -0.15) is 0 Å². The Morgan fingerprint density at radius 2 is 1.78 bits per heavy atom. The molecule has 5 heteroatoms. The number of fused-ring (bicyclic) bond motifs is 3. The number of hydrogen-bond donors (Lipinski definition) is 1. The molecule has 0 saturated heterocycles. The SMILES string of the molecule is CCOc1cc2c(cc1OCC)-n1cccc1[C@@H](c1ccccc1F)[NH2+]C2. The van der Waals surface area contributed by atoms with Crippen molar-refractivity contribution >= 4 is 0 Å². The van der Waals surface area contributed by atoms with Crippen molar-refractivity contribution < 1.29 is 19.2 Å². The summed E-state index contributed by atoms with van der Waals surface area (Å²) >= 11 is 0. The van der Waals surface area contributed by atoms with Crippen LogP contribution in [0.1, 0.15) is 36.7 Å². The Labute approximate surface area is 158 Å². The summed E-state index contributed by atoms with van der Waals surface area (Å²) in [4.78, 5) is 0. The highest BCUT2D eigenvalue weighted by molar-refractivity contribution is 5.56. The molecule has 27 heavy (non-hydrogen) atoms. The van der Waals surface area contributed by atoms with Crippen molar-refractivity contribution in [2.45, 2.75) is 26.4 Å². The predicted octanol–water partition coefficient (Wildman–Crippen LogP) is 3.58. The largest absolute Gasteiger partial charge is 0.490 e. The number of halogens is 1. The van der Waals surface area contributed by atoms with E-state index in [-0.39, 0.29) is 11.9 Å². The molecule has 1 atom stereocenters. The molecule has 1 aromatic heterocycles. The van der Waals surface area contributed by atoms with E-state index in [1.807, 2.05) is 50.4 Å². The number of benzene rings is 2. The molecule has 2 N–H and O–H groups in total. The number of nitrogens with zero attached hydrogens (tertiary/aromatic N) is 1. The van der Waals surface area contributed by atoms with Gasteiger partial charge in [-0.1, -0.05) is 12.1 Å². The van der Waals surface area contributed by atoms with Gasteiger partial charge in [0.05, 0.1) is 30.2 Å². The molecule has 1 aliphatic rings. The summed E-state index contributed by atoms with van der Waals surface area (Å²) in [6.45, 7) is 5.80. The highest BCUT2D eigenvalue weighted by Gasteiger charge is 2.29. The average Bonchev–Trinajstić information content (AvgIpc) is 3.09. The zero-order valence-electron chi connectivity index (χ0n) is 15.6. The van der Waals surface area contributed by atoms with Crippen molar-refractivity contribution in [3.63, 3.8) is 0 Å². The maximum absolute atomic E-state index is 14.5. The average molecular weight is 367 g/mol. The summed E-state index contributed by atoms with van der Waals surface area (Å²) < 4.78 is 28.2. The van der Waals surface area contributed by atoms with Crippen LogP contribution < -0.4 is 14.8 Å². The molecule has 0 radical (unpaired) electrons. The van der Waals surface area contributed by atoms with Gasteiger partial charge in [-0.15, -0.1) is 0 Å². The molecule has 0 spiro atoms. The van der Waals surface area contributed by atoms with Crippen LogP contribution in [0.3, 0.4) is 0 Å². The third-order valence-electron chi connectivity index (χ3n) is 4.92. The lowest BCUT2D eigenvalue weighted by molar-refractivity contribution is -0.702. The monoisotopic (exact) mass is 367 g/mol. The molecule has 140 valence electrons. The second kappa shape index (κ2) is 7.45. The van der Waals surface area contributed by atoms with Gasteiger partial charge in [0.15, 0.2) is 17.5 Å². The second-order valence-corrected chi connectivity index (χ2v) is 6.54. The van der Waals surface area contributed by atoms with E-state index >= 15 is 0 Å². The lowest BCUT2D eigenvalue weighted by Crippen LogP contribution is -2.83. The lowest BCUT2D eigenvalue weighted by Gasteiger charge is -2.16. The molecule has 0 fully saturated rings. The summed E-state index contributed by atoms with van der Waals surface area (Å²) in [6, 6.07) is 15.0. The van der Waals surface area contributed by atoms with Gasteiger partial charge < -0.3 is 19.4 Å². The van der Waals surface area contributed by atoms with Gasteiger partial charge in [0, 0.05) is 17.8 Å². The van der Waals surface area contributed by atoms with Crippen molar-refractivity contribution in [1.82, 2.24) is 4.57 Å². The quantitative estimate of drug-likeness (QED) is 0.749. The smallest absolute Gasteiger partial charge is 0.163 e. The van der Waals surface area contributed by atoms with E-state index in [0.717, 1.165) is 35.0 Å². The minimum atomic E-state index is -0.178. The van der Waals surface area contributed by atoms with Gasteiger partial charge in [0.1, 0.15) is 12.4 Å². The molecule has 0 bridgehead atoms. The van der Waals surface area contributed by atoms with Gasteiger partial charge >= 0.3 is 0 Å². The minimum absolute atomic E-state index is 0.111. The van der Waals surface area contributed by atoms with Crippen molar-refractivity contribution in [3.05, 3.63) is 77.4 Å². The van der Waals surface area contributed by atoms with Crippen molar-refractivity contribution in [3.8, 4) is 17.2 Å². The zero-order chi connectivity index (χ0) is 18.8. The lowest BCUT2D eigenvalue weighted by atomic mass is 10.0. The first kappa shape index (κ1) is 17.6. The normalized spacial score (nSPS) is 15.6.